The second-order valence-corrected chi connectivity index (χ2v) is 12.2. The first-order chi connectivity index (χ1) is 17.3. The van der Waals surface area contributed by atoms with Crippen molar-refractivity contribution in [2.45, 2.75) is 99.3 Å². The summed E-state index contributed by atoms with van der Waals surface area (Å²) in [6.07, 6.45) is 2.92. The molecule has 0 aliphatic heterocycles. The van der Waals surface area contributed by atoms with Crippen LogP contribution in [-0.2, 0) is 16.0 Å². The summed E-state index contributed by atoms with van der Waals surface area (Å²) in [5, 5.41) is 6.28. The molecule has 37 heavy (non-hydrogen) atoms. The molecule has 1 amide bonds. The molecule has 0 saturated heterocycles. The van der Waals surface area contributed by atoms with Gasteiger partial charge in [-0.3, -0.25) is 4.79 Å². The van der Waals surface area contributed by atoms with Crippen molar-refractivity contribution in [1.29, 1.82) is 0 Å². The Labute approximate surface area is 225 Å². The first-order valence-electron chi connectivity index (χ1n) is 13.8. The van der Waals surface area contributed by atoms with E-state index < -0.39 is 5.54 Å². The van der Waals surface area contributed by atoms with Crippen LogP contribution >= 0.6 is 0 Å². The number of amides is 1. The summed E-state index contributed by atoms with van der Waals surface area (Å²) in [4.78, 5) is 12.8. The lowest BCUT2D eigenvalue weighted by Gasteiger charge is -2.29. The highest BCUT2D eigenvalue weighted by molar-refractivity contribution is 5.97. The van der Waals surface area contributed by atoms with Crippen molar-refractivity contribution >= 4 is 11.6 Å². The van der Waals surface area contributed by atoms with Crippen LogP contribution in [0.15, 0.2) is 48.5 Å². The molecule has 0 saturated carbocycles. The van der Waals surface area contributed by atoms with Gasteiger partial charge in [0.25, 0.3) is 0 Å². The summed E-state index contributed by atoms with van der Waals surface area (Å²) in [6, 6.07) is 16.5. The van der Waals surface area contributed by atoms with Gasteiger partial charge in [-0.05, 0) is 86.3 Å². The monoisotopic (exact) mass is 510 g/mol. The third-order valence-corrected chi connectivity index (χ3v) is 6.59. The molecule has 0 spiro atoms. The number of aryl methyl sites for hydroxylation is 1. The van der Waals surface area contributed by atoms with Gasteiger partial charge in [-0.15, -0.1) is 0 Å². The lowest BCUT2D eigenvalue weighted by Crippen LogP contribution is -2.51. The number of benzene rings is 2. The molecule has 0 heterocycles. The van der Waals surface area contributed by atoms with Gasteiger partial charge < -0.3 is 20.1 Å². The third kappa shape index (κ3) is 10.9. The number of hydrogen-bond acceptors (Lipinski definition) is 4. The van der Waals surface area contributed by atoms with Crippen LogP contribution in [0.25, 0.3) is 0 Å². The van der Waals surface area contributed by atoms with Gasteiger partial charge in [-0.25, -0.2) is 0 Å². The summed E-state index contributed by atoms with van der Waals surface area (Å²) < 4.78 is 11.8. The lowest BCUT2D eigenvalue weighted by molar-refractivity contribution is -0.121. The fourth-order valence-corrected chi connectivity index (χ4v) is 4.42. The normalized spacial score (nSPS) is 13.9. The molecule has 0 aliphatic carbocycles. The highest BCUT2D eigenvalue weighted by Crippen LogP contribution is 2.36. The van der Waals surface area contributed by atoms with E-state index in [0.29, 0.717) is 25.0 Å². The smallest absolute Gasteiger partial charge is 0.244 e. The average molecular weight is 511 g/mol. The fraction of sp³-hybridized carbons (Fsp3) is 0.594. The van der Waals surface area contributed by atoms with Crippen LogP contribution in [0.5, 0.6) is 5.75 Å². The number of hydrogen-bond donors (Lipinski definition) is 2. The zero-order valence-corrected chi connectivity index (χ0v) is 24.6. The SMILES string of the molecule is CCCc1ccc(NC(=O)C(C)(C)NCCOC(C)Oc2ccc(C(CC(C)(C)C)C(C)C)cc2)cc1. The molecule has 5 nitrogen and oxygen atoms in total. The van der Waals surface area contributed by atoms with Crippen LogP contribution in [-0.4, -0.2) is 30.9 Å². The number of nitrogens with one attached hydrogen (secondary N) is 2. The summed E-state index contributed by atoms with van der Waals surface area (Å²) in [5.41, 5.74) is 3.00. The van der Waals surface area contributed by atoms with Gasteiger partial charge in [-0.2, -0.15) is 0 Å². The fourth-order valence-electron chi connectivity index (χ4n) is 4.42. The van der Waals surface area contributed by atoms with Crippen LogP contribution in [0.3, 0.4) is 0 Å². The van der Waals surface area contributed by atoms with Crippen molar-refractivity contribution in [2.75, 3.05) is 18.5 Å². The van der Waals surface area contributed by atoms with Crippen LogP contribution in [0.4, 0.5) is 5.69 Å². The summed E-state index contributed by atoms with van der Waals surface area (Å²) in [6.45, 7) is 20.3. The Bertz CT molecular complexity index is 943. The van der Waals surface area contributed by atoms with Gasteiger partial charge in [0.05, 0.1) is 12.1 Å². The van der Waals surface area contributed by atoms with Crippen molar-refractivity contribution in [3.05, 3.63) is 59.7 Å². The molecule has 0 aliphatic rings. The Morgan fingerprint density at radius 2 is 1.54 bits per heavy atom. The Morgan fingerprint density at radius 1 is 0.919 bits per heavy atom. The van der Waals surface area contributed by atoms with Crippen LogP contribution in [0, 0.1) is 11.3 Å². The van der Waals surface area contributed by atoms with Gasteiger partial charge in [0, 0.05) is 12.2 Å². The van der Waals surface area contributed by atoms with Crippen molar-refractivity contribution in [2.24, 2.45) is 11.3 Å². The Kier molecular flexibility index (Phi) is 11.6. The molecular weight excluding hydrogens is 460 g/mol. The zero-order valence-electron chi connectivity index (χ0n) is 24.6. The molecule has 0 bridgehead atoms. The third-order valence-electron chi connectivity index (χ3n) is 6.59. The van der Waals surface area contributed by atoms with Crippen LogP contribution < -0.4 is 15.4 Å². The van der Waals surface area contributed by atoms with E-state index in [9.17, 15) is 4.79 Å². The Morgan fingerprint density at radius 3 is 2.08 bits per heavy atom. The van der Waals surface area contributed by atoms with Crippen molar-refractivity contribution in [3.8, 4) is 5.75 Å². The molecule has 2 aromatic rings. The highest BCUT2D eigenvalue weighted by Gasteiger charge is 2.27. The van der Waals surface area contributed by atoms with E-state index in [1.165, 1.54) is 11.1 Å². The van der Waals surface area contributed by atoms with E-state index in [2.05, 4.69) is 76.4 Å². The maximum atomic E-state index is 12.8. The molecule has 2 unspecified atom stereocenters. The van der Waals surface area contributed by atoms with Gasteiger partial charge in [0.1, 0.15) is 5.75 Å². The number of ether oxygens (including phenoxy) is 2. The lowest BCUT2D eigenvalue weighted by atomic mass is 9.76. The van der Waals surface area contributed by atoms with E-state index in [1.54, 1.807) is 0 Å². The van der Waals surface area contributed by atoms with E-state index in [0.717, 1.165) is 30.7 Å². The van der Waals surface area contributed by atoms with Gasteiger partial charge in [0.2, 0.25) is 5.91 Å². The molecule has 0 aromatic heterocycles. The second kappa shape index (κ2) is 14.0. The van der Waals surface area contributed by atoms with E-state index >= 15 is 0 Å². The first kappa shape index (κ1) is 30.9. The number of rotatable bonds is 14. The predicted molar refractivity (Wildman–Crippen MR) is 155 cm³/mol. The van der Waals surface area contributed by atoms with Gasteiger partial charge in [-0.1, -0.05) is 72.2 Å². The van der Waals surface area contributed by atoms with Crippen molar-refractivity contribution in [1.82, 2.24) is 5.32 Å². The zero-order chi connectivity index (χ0) is 27.6. The molecule has 2 aromatic carbocycles. The topological polar surface area (TPSA) is 59.6 Å². The van der Waals surface area contributed by atoms with Gasteiger partial charge in [0.15, 0.2) is 6.29 Å². The maximum absolute atomic E-state index is 12.8. The van der Waals surface area contributed by atoms with E-state index in [1.807, 2.05) is 45.0 Å². The van der Waals surface area contributed by atoms with Crippen LogP contribution in [0.1, 0.15) is 92.2 Å². The molecular formula is C32H50N2O3. The molecule has 2 N–H and O–H groups in total. The number of carbonyl (C=O) groups excluding carboxylic acids is 1. The minimum atomic E-state index is -0.731. The summed E-state index contributed by atoms with van der Waals surface area (Å²) in [7, 11) is 0. The average Bonchev–Trinajstić information content (AvgIpc) is 2.81. The number of carbonyl (C=O) groups is 1. The minimum absolute atomic E-state index is 0.0775. The minimum Gasteiger partial charge on any atom is -0.465 e. The second-order valence-electron chi connectivity index (χ2n) is 12.2. The van der Waals surface area contributed by atoms with Gasteiger partial charge >= 0.3 is 0 Å². The molecule has 0 radical (unpaired) electrons. The van der Waals surface area contributed by atoms with Crippen molar-refractivity contribution < 1.29 is 14.3 Å². The molecule has 2 rings (SSSR count). The van der Waals surface area contributed by atoms with E-state index in [-0.39, 0.29) is 17.6 Å². The van der Waals surface area contributed by atoms with Crippen LogP contribution in [0.2, 0.25) is 0 Å². The molecule has 5 heteroatoms. The predicted octanol–water partition coefficient (Wildman–Crippen LogP) is 7.56. The maximum Gasteiger partial charge on any atom is 0.244 e. The number of anilines is 1. The Balaban J connectivity index is 1.78. The largest absolute Gasteiger partial charge is 0.465 e. The highest BCUT2D eigenvalue weighted by atomic mass is 16.7. The quantitative estimate of drug-likeness (QED) is 0.203. The Hall–Kier alpha value is -2.37. The standard InChI is InChI=1S/C32H50N2O3/c1-10-11-25-12-16-27(17-13-25)34-30(35)32(8,9)33-20-21-36-24(4)37-28-18-14-26(15-19-28)29(23(2)3)22-31(5,6)7/h12-19,23-24,29,33H,10-11,20-22H2,1-9H3,(H,34,35). The molecule has 2 atom stereocenters. The molecule has 0 fully saturated rings. The first-order valence-corrected chi connectivity index (χ1v) is 13.8. The summed E-state index contributed by atoms with van der Waals surface area (Å²) >= 11 is 0. The summed E-state index contributed by atoms with van der Waals surface area (Å²) in [5.74, 6) is 1.83. The van der Waals surface area contributed by atoms with Crippen molar-refractivity contribution in [3.63, 3.8) is 0 Å². The molecule has 206 valence electrons. The van der Waals surface area contributed by atoms with E-state index in [4.69, 9.17) is 9.47 Å².